The van der Waals surface area contributed by atoms with Crippen LogP contribution in [0.25, 0.3) is 0 Å². The lowest BCUT2D eigenvalue weighted by atomic mass is 10.1. The molecule has 0 aliphatic rings. The summed E-state index contributed by atoms with van der Waals surface area (Å²) >= 11 is 1.74. The fourth-order valence-electron chi connectivity index (χ4n) is 1.61. The summed E-state index contributed by atoms with van der Waals surface area (Å²) in [7, 11) is 0. The van der Waals surface area contributed by atoms with E-state index < -0.39 is 5.91 Å². The van der Waals surface area contributed by atoms with Crippen LogP contribution in [0, 0.1) is 6.92 Å². The zero-order valence-electron chi connectivity index (χ0n) is 9.57. The van der Waals surface area contributed by atoms with Gasteiger partial charge >= 0.3 is 0 Å². The molecule has 88 valence electrons. The Morgan fingerprint density at radius 2 is 2.06 bits per heavy atom. The van der Waals surface area contributed by atoms with Gasteiger partial charge in [0, 0.05) is 22.0 Å². The largest absolute Gasteiger partial charge is 0.380 e. The zero-order chi connectivity index (χ0) is 12.3. The lowest BCUT2D eigenvalue weighted by molar-refractivity contribution is 0.100. The number of carbonyl (C=O) groups excluding carboxylic acids is 1. The van der Waals surface area contributed by atoms with Gasteiger partial charge < -0.3 is 11.1 Å². The maximum absolute atomic E-state index is 11.2. The van der Waals surface area contributed by atoms with Crippen molar-refractivity contribution in [1.29, 1.82) is 0 Å². The van der Waals surface area contributed by atoms with Crippen molar-refractivity contribution in [1.82, 2.24) is 0 Å². The topological polar surface area (TPSA) is 55.1 Å². The van der Waals surface area contributed by atoms with Gasteiger partial charge in [0.1, 0.15) is 0 Å². The molecule has 1 amide bonds. The standard InChI is InChI=1S/C13H14N2OS/c1-9-6-7-10(17-9)8-15-12-5-3-2-4-11(12)13(14)16/h2-7,15H,8H2,1H3,(H2,14,16). The average molecular weight is 246 g/mol. The van der Waals surface area contributed by atoms with E-state index in [1.807, 2.05) is 12.1 Å². The normalized spacial score (nSPS) is 10.2. The summed E-state index contributed by atoms with van der Waals surface area (Å²) < 4.78 is 0. The number of anilines is 1. The predicted molar refractivity (Wildman–Crippen MR) is 71.3 cm³/mol. The Balaban J connectivity index is 2.11. The number of hydrogen-bond acceptors (Lipinski definition) is 3. The summed E-state index contributed by atoms with van der Waals surface area (Å²) in [4.78, 5) is 13.7. The molecule has 2 aromatic rings. The van der Waals surface area contributed by atoms with Gasteiger partial charge in [0.05, 0.1) is 5.56 Å². The minimum Gasteiger partial charge on any atom is -0.380 e. The molecule has 0 atom stereocenters. The van der Waals surface area contributed by atoms with E-state index in [2.05, 4.69) is 24.4 Å². The minimum absolute atomic E-state index is 0.407. The third kappa shape index (κ3) is 2.85. The maximum Gasteiger partial charge on any atom is 0.250 e. The molecule has 0 fully saturated rings. The number of nitrogens with one attached hydrogen (secondary N) is 1. The van der Waals surface area contributed by atoms with Crippen LogP contribution in [0.1, 0.15) is 20.1 Å². The molecular weight excluding hydrogens is 232 g/mol. The van der Waals surface area contributed by atoms with Gasteiger partial charge in [0.2, 0.25) is 0 Å². The number of nitrogens with two attached hydrogens (primary N) is 1. The Morgan fingerprint density at radius 3 is 2.71 bits per heavy atom. The molecule has 0 spiro atoms. The highest BCUT2D eigenvalue weighted by molar-refractivity contribution is 7.11. The van der Waals surface area contributed by atoms with Gasteiger partial charge in [-0.1, -0.05) is 12.1 Å². The second kappa shape index (κ2) is 5.01. The van der Waals surface area contributed by atoms with Crippen LogP contribution in [0.3, 0.4) is 0 Å². The highest BCUT2D eigenvalue weighted by Crippen LogP contribution is 2.19. The minimum atomic E-state index is -0.407. The molecule has 17 heavy (non-hydrogen) atoms. The van der Waals surface area contributed by atoms with Crippen LogP contribution in [0.15, 0.2) is 36.4 Å². The summed E-state index contributed by atoms with van der Waals surface area (Å²) in [6, 6.07) is 11.4. The van der Waals surface area contributed by atoms with Crippen LogP contribution < -0.4 is 11.1 Å². The number of rotatable bonds is 4. The Hall–Kier alpha value is -1.81. The molecule has 1 aromatic heterocycles. The van der Waals surface area contributed by atoms with Gasteiger partial charge in [-0.15, -0.1) is 11.3 Å². The molecule has 0 aliphatic heterocycles. The van der Waals surface area contributed by atoms with Crippen molar-refractivity contribution in [2.45, 2.75) is 13.5 Å². The first-order valence-corrected chi connectivity index (χ1v) is 6.16. The molecule has 0 bridgehead atoms. The molecule has 4 heteroatoms. The third-order valence-corrected chi connectivity index (χ3v) is 3.44. The lowest BCUT2D eigenvalue weighted by Crippen LogP contribution is -2.14. The SMILES string of the molecule is Cc1ccc(CNc2ccccc2C(N)=O)s1. The summed E-state index contributed by atoms with van der Waals surface area (Å²) in [6.45, 7) is 2.79. The van der Waals surface area contributed by atoms with Crippen LogP contribution >= 0.6 is 11.3 Å². The molecule has 0 radical (unpaired) electrons. The Morgan fingerprint density at radius 1 is 1.29 bits per heavy atom. The van der Waals surface area contributed by atoms with Gasteiger partial charge in [-0.05, 0) is 31.2 Å². The van der Waals surface area contributed by atoms with Gasteiger partial charge in [-0.2, -0.15) is 0 Å². The lowest BCUT2D eigenvalue weighted by Gasteiger charge is -2.08. The first kappa shape index (κ1) is 11.7. The quantitative estimate of drug-likeness (QED) is 0.871. The van der Waals surface area contributed by atoms with Gasteiger partial charge in [-0.25, -0.2) is 0 Å². The van der Waals surface area contributed by atoms with Crippen LogP contribution in [0.4, 0.5) is 5.69 Å². The summed E-state index contributed by atoms with van der Waals surface area (Å²) in [5.41, 5.74) is 6.62. The Labute approximate surface area is 104 Å². The van der Waals surface area contributed by atoms with E-state index in [4.69, 9.17) is 5.73 Å². The molecule has 2 rings (SSSR count). The fraction of sp³-hybridized carbons (Fsp3) is 0.154. The Bertz CT molecular complexity index is 534. The molecule has 0 saturated heterocycles. The number of carbonyl (C=O) groups is 1. The summed E-state index contributed by atoms with van der Waals surface area (Å²) in [5, 5.41) is 3.23. The van der Waals surface area contributed by atoms with Crippen molar-refractivity contribution < 1.29 is 4.79 Å². The number of thiophene rings is 1. The molecule has 0 unspecified atom stereocenters. The highest BCUT2D eigenvalue weighted by atomic mass is 32.1. The van der Waals surface area contributed by atoms with E-state index in [-0.39, 0.29) is 0 Å². The molecule has 3 nitrogen and oxygen atoms in total. The monoisotopic (exact) mass is 246 g/mol. The van der Waals surface area contributed by atoms with Crippen LogP contribution in [0.5, 0.6) is 0 Å². The van der Waals surface area contributed by atoms with Crippen molar-refractivity contribution in [3.05, 3.63) is 51.7 Å². The number of aryl methyl sites for hydroxylation is 1. The van der Waals surface area contributed by atoms with Crippen LogP contribution in [-0.4, -0.2) is 5.91 Å². The first-order valence-electron chi connectivity index (χ1n) is 5.35. The van der Waals surface area contributed by atoms with Crippen molar-refractivity contribution >= 4 is 22.9 Å². The smallest absolute Gasteiger partial charge is 0.250 e. The molecule has 1 heterocycles. The zero-order valence-corrected chi connectivity index (χ0v) is 10.4. The Kier molecular flexibility index (Phi) is 3.44. The molecule has 0 saturated carbocycles. The van der Waals surface area contributed by atoms with E-state index in [0.717, 1.165) is 5.69 Å². The first-order chi connectivity index (χ1) is 8.16. The molecule has 3 N–H and O–H groups in total. The van der Waals surface area contributed by atoms with Crippen molar-refractivity contribution in [2.75, 3.05) is 5.32 Å². The van der Waals surface area contributed by atoms with Crippen molar-refractivity contribution in [2.24, 2.45) is 5.73 Å². The third-order valence-electron chi connectivity index (χ3n) is 2.44. The second-order valence-corrected chi connectivity index (χ2v) is 5.15. The van der Waals surface area contributed by atoms with Gasteiger partial charge in [-0.3, -0.25) is 4.79 Å². The van der Waals surface area contributed by atoms with E-state index in [1.165, 1.54) is 9.75 Å². The molecular formula is C13H14N2OS. The van der Waals surface area contributed by atoms with E-state index in [1.54, 1.807) is 23.5 Å². The van der Waals surface area contributed by atoms with Crippen LogP contribution in [-0.2, 0) is 6.54 Å². The molecule has 1 aromatic carbocycles. The highest BCUT2D eigenvalue weighted by Gasteiger charge is 2.06. The average Bonchev–Trinajstić information content (AvgIpc) is 2.73. The van der Waals surface area contributed by atoms with E-state index in [9.17, 15) is 4.79 Å². The summed E-state index contributed by atoms with van der Waals surface area (Å²) in [5.74, 6) is -0.407. The van der Waals surface area contributed by atoms with E-state index in [0.29, 0.717) is 12.1 Å². The van der Waals surface area contributed by atoms with Crippen molar-refractivity contribution in [3.8, 4) is 0 Å². The van der Waals surface area contributed by atoms with Gasteiger partial charge in [0.25, 0.3) is 5.91 Å². The number of primary amides is 1. The summed E-state index contributed by atoms with van der Waals surface area (Å²) in [6.07, 6.45) is 0. The number of para-hydroxylation sites is 1. The number of benzene rings is 1. The fourth-order valence-corrected chi connectivity index (χ4v) is 2.44. The van der Waals surface area contributed by atoms with Gasteiger partial charge in [0.15, 0.2) is 0 Å². The number of amides is 1. The number of hydrogen-bond donors (Lipinski definition) is 2. The second-order valence-electron chi connectivity index (χ2n) is 3.78. The van der Waals surface area contributed by atoms with Crippen molar-refractivity contribution in [3.63, 3.8) is 0 Å². The maximum atomic E-state index is 11.2. The van der Waals surface area contributed by atoms with Crippen LogP contribution in [0.2, 0.25) is 0 Å². The van der Waals surface area contributed by atoms with E-state index >= 15 is 0 Å². The molecule has 0 aliphatic carbocycles. The predicted octanol–water partition coefficient (Wildman–Crippen LogP) is 2.77.